The van der Waals surface area contributed by atoms with Crippen LogP contribution in [0, 0.1) is 0 Å². The van der Waals surface area contributed by atoms with E-state index in [1.54, 1.807) is 0 Å². The molecule has 0 aromatic rings. The van der Waals surface area contributed by atoms with Crippen LogP contribution in [0.25, 0.3) is 0 Å². The van der Waals surface area contributed by atoms with E-state index < -0.39 is 0 Å². The van der Waals surface area contributed by atoms with E-state index >= 15 is 0 Å². The molecule has 0 amide bonds. The lowest BCUT2D eigenvalue weighted by molar-refractivity contribution is -0.147. The van der Waals surface area contributed by atoms with Gasteiger partial charge in [-0.25, -0.2) is 0 Å². The summed E-state index contributed by atoms with van der Waals surface area (Å²) >= 11 is 0. The number of hydrogen-bond acceptors (Lipinski definition) is 4. The van der Waals surface area contributed by atoms with Crippen molar-refractivity contribution in [2.75, 3.05) is 6.61 Å². The molecule has 4 nitrogen and oxygen atoms in total. The number of allylic oxidation sites excluding steroid dienone is 2. The summed E-state index contributed by atoms with van der Waals surface area (Å²) in [6.45, 7) is 10.7. The van der Waals surface area contributed by atoms with Crippen molar-refractivity contribution < 1.29 is 19.1 Å². The minimum Gasteiger partial charge on any atom is -0.466 e. The van der Waals surface area contributed by atoms with Crippen LogP contribution in [-0.4, -0.2) is 24.6 Å². The molecule has 0 saturated heterocycles. The minimum absolute atomic E-state index is 0.0280. The average molecular weight is 581 g/mol. The van der Waals surface area contributed by atoms with Crippen molar-refractivity contribution in [3.8, 4) is 0 Å². The number of unbranched alkanes of at least 4 members (excludes halogenated alkanes) is 21. The fraction of sp³-hybridized carbons (Fsp3) is 0.892. The number of ether oxygens (including phenoxy) is 2. The van der Waals surface area contributed by atoms with Gasteiger partial charge in [0.15, 0.2) is 0 Å². The Bertz CT molecular complexity index is 555. The highest BCUT2D eigenvalue weighted by Crippen LogP contribution is 2.13. The van der Waals surface area contributed by atoms with Gasteiger partial charge >= 0.3 is 11.9 Å². The lowest BCUT2D eigenvalue weighted by Gasteiger charge is -2.07. The number of carbonyl (C=O) groups is 2. The van der Waals surface area contributed by atoms with Crippen LogP contribution in [0.1, 0.15) is 202 Å². The maximum absolute atomic E-state index is 11.3. The van der Waals surface area contributed by atoms with E-state index in [1.165, 1.54) is 135 Å². The van der Waals surface area contributed by atoms with Gasteiger partial charge in [-0.2, -0.15) is 0 Å². The second-order valence-electron chi connectivity index (χ2n) is 12.0. The highest BCUT2D eigenvalue weighted by atomic mass is 16.5. The molecule has 0 bridgehead atoms. The molecule has 0 aliphatic heterocycles. The lowest BCUT2D eigenvalue weighted by atomic mass is 10.1. The molecular weight excluding hydrogens is 508 g/mol. The quantitative estimate of drug-likeness (QED) is 0.0501. The van der Waals surface area contributed by atoms with Gasteiger partial charge in [-0.1, -0.05) is 142 Å². The summed E-state index contributed by atoms with van der Waals surface area (Å²) in [7, 11) is 0. The fourth-order valence-electron chi connectivity index (χ4n) is 4.83. The zero-order valence-corrected chi connectivity index (χ0v) is 28.5. The third-order valence-corrected chi connectivity index (χ3v) is 7.30. The van der Waals surface area contributed by atoms with Crippen molar-refractivity contribution >= 4 is 11.9 Å². The van der Waals surface area contributed by atoms with Crippen molar-refractivity contribution in [3.63, 3.8) is 0 Å². The van der Waals surface area contributed by atoms with Gasteiger partial charge in [-0.15, -0.1) is 0 Å². The van der Waals surface area contributed by atoms with Crippen LogP contribution in [0.4, 0.5) is 0 Å². The number of rotatable bonds is 29. The topological polar surface area (TPSA) is 52.6 Å². The Morgan fingerprint density at radius 3 is 1.20 bits per heavy atom. The molecule has 0 fully saturated rings. The normalized spacial score (nSPS) is 11.1. The first-order valence-electron chi connectivity index (χ1n) is 18.0. The molecule has 4 heteroatoms. The first-order chi connectivity index (χ1) is 20.0. The summed E-state index contributed by atoms with van der Waals surface area (Å²) < 4.78 is 10.0. The molecule has 0 N–H and O–H groups in total. The summed E-state index contributed by atoms with van der Waals surface area (Å²) in [5.41, 5.74) is 0. The van der Waals surface area contributed by atoms with Crippen molar-refractivity contribution in [1.29, 1.82) is 0 Å². The summed E-state index contributed by atoms with van der Waals surface area (Å²) in [4.78, 5) is 22.4. The Labute approximate surface area is 257 Å². The monoisotopic (exact) mass is 581 g/mol. The second kappa shape index (κ2) is 36.7. The third kappa shape index (κ3) is 40.9. The molecule has 0 aromatic carbocycles. The Balaban J connectivity index is 0. The maximum Gasteiger partial charge on any atom is 0.306 e. The van der Waals surface area contributed by atoms with E-state index in [4.69, 9.17) is 9.47 Å². The van der Waals surface area contributed by atoms with E-state index in [0.29, 0.717) is 19.4 Å². The minimum atomic E-state index is -0.0415. The van der Waals surface area contributed by atoms with Gasteiger partial charge in [-0.05, 0) is 59.3 Å². The number of esters is 2. The predicted molar refractivity (Wildman–Crippen MR) is 178 cm³/mol. The predicted octanol–water partition coefficient (Wildman–Crippen LogP) is 12.2. The molecule has 0 saturated carbocycles. The summed E-state index contributed by atoms with van der Waals surface area (Å²) in [6, 6.07) is 0. The van der Waals surface area contributed by atoms with Gasteiger partial charge in [0.25, 0.3) is 0 Å². The van der Waals surface area contributed by atoms with Crippen LogP contribution in [-0.2, 0) is 19.1 Å². The highest BCUT2D eigenvalue weighted by Gasteiger charge is 2.04. The van der Waals surface area contributed by atoms with Gasteiger partial charge in [-0.3, -0.25) is 9.59 Å². The van der Waals surface area contributed by atoms with Crippen LogP contribution in [0.5, 0.6) is 0 Å². The molecule has 244 valence electrons. The smallest absolute Gasteiger partial charge is 0.306 e. The number of hydrogen-bond donors (Lipinski definition) is 0. The molecule has 0 unspecified atom stereocenters. The molecule has 0 aromatic heterocycles. The van der Waals surface area contributed by atoms with Crippen LogP contribution in [0.2, 0.25) is 0 Å². The van der Waals surface area contributed by atoms with E-state index in [0.717, 1.165) is 19.3 Å². The molecule has 0 rings (SSSR count). The fourth-order valence-corrected chi connectivity index (χ4v) is 4.83. The van der Waals surface area contributed by atoms with E-state index in [-0.39, 0.29) is 18.0 Å². The zero-order valence-electron chi connectivity index (χ0n) is 28.5. The van der Waals surface area contributed by atoms with E-state index in [2.05, 4.69) is 26.0 Å². The highest BCUT2D eigenvalue weighted by molar-refractivity contribution is 5.69. The zero-order chi connectivity index (χ0) is 30.7. The molecule has 41 heavy (non-hydrogen) atoms. The Morgan fingerprint density at radius 1 is 0.488 bits per heavy atom. The molecule has 0 radical (unpaired) electrons. The molecule has 0 aliphatic rings. The Kier molecular flexibility index (Phi) is 37.4. The SMILES string of the molecule is CCCCCCCCC=CCCCCCCCC(=O)OCC.CCCCCCCCCCCCCC(=O)OC(C)C. The van der Waals surface area contributed by atoms with Crippen LogP contribution >= 0.6 is 0 Å². The molecule has 0 spiro atoms. The molecular formula is C37H72O4. The summed E-state index contributed by atoms with van der Waals surface area (Å²) in [5, 5.41) is 0. The van der Waals surface area contributed by atoms with Crippen molar-refractivity contribution in [2.45, 2.75) is 208 Å². The van der Waals surface area contributed by atoms with Crippen molar-refractivity contribution in [1.82, 2.24) is 0 Å². The van der Waals surface area contributed by atoms with Crippen LogP contribution in [0.15, 0.2) is 12.2 Å². The van der Waals surface area contributed by atoms with Gasteiger partial charge in [0, 0.05) is 12.8 Å². The lowest BCUT2D eigenvalue weighted by Crippen LogP contribution is -2.10. The first-order valence-corrected chi connectivity index (χ1v) is 18.0. The van der Waals surface area contributed by atoms with Gasteiger partial charge in [0.1, 0.15) is 0 Å². The largest absolute Gasteiger partial charge is 0.466 e. The molecule has 0 aliphatic carbocycles. The standard InChI is InChI=1S/C20H38O2.C17H34O2/c1-3-5-6-7-8-9-10-11-12-13-14-15-16-17-18-19-20(21)22-4-2;1-4-5-6-7-8-9-10-11-12-13-14-15-17(18)19-16(2)3/h11-12H,3-10,13-19H2,1-2H3;16H,4-15H2,1-3H3. The Hall–Kier alpha value is -1.32. The van der Waals surface area contributed by atoms with Gasteiger partial charge in [0.05, 0.1) is 12.7 Å². The maximum atomic E-state index is 11.3. The van der Waals surface area contributed by atoms with E-state index in [1.807, 2.05) is 20.8 Å². The van der Waals surface area contributed by atoms with E-state index in [9.17, 15) is 9.59 Å². The average Bonchev–Trinajstić information content (AvgIpc) is 2.94. The third-order valence-electron chi connectivity index (χ3n) is 7.30. The van der Waals surface area contributed by atoms with Crippen molar-refractivity contribution in [3.05, 3.63) is 12.2 Å². The first kappa shape index (κ1) is 41.8. The van der Waals surface area contributed by atoms with Crippen LogP contribution < -0.4 is 0 Å². The number of carbonyl (C=O) groups excluding carboxylic acids is 2. The van der Waals surface area contributed by atoms with Crippen molar-refractivity contribution in [2.24, 2.45) is 0 Å². The molecule has 0 atom stereocenters. The summed E-state index contributed by atoms with van der Waals surface area (Å²) in [5.74, 6) is -0.0777. The van der Waals surface area contributed by atoms with Gasteiger partial charge < -0.3 is 9.47 Å². The van der Waals surface area contributed by atoms with Crippen LogP contribution in [0.3, 0.4) is 0 Å². The summed E-state index contributed by atoms with van der Waals surface area (Å²) in [6.07, 6.45) is 37.1. The molecule has 0 heterocycles. The second-order valence-corrected chi connectivity index (χ2v) is 12.0. The Morgan fingerprint density at radius 2 is 0.829 bits per heavy atom. The van der Waals surface area contributed by atoms with Gasteiger partial charge in [0.2, 0.25) is 0 Å².